The van der Waals surface area contributed by atoms with E-state index in [9.17, 15) is 0 Å². The van der Waals surface area contributed by atoms with Crippen molar-refractivity contribution in [2.45, 2.75) is 71.6 Å². The maximum absolute atomic E-state index is 6.10. The summed E-state index contributed by atoms with van der Waals surface area (Å²) in [6.45, 7) is 6.12. The molecule has 0 aromatic heterocycles. The Morgan fingerprint density at radius 2 is 1.75 bits per heavy atom. The third kappa shape index (κ3) is 6.25. The van der Waals surface area contributed by atoms with Gasteiger partial charge in [0.15, 0.2) is 11.5 Å². The highest BCUT2D eigenvalue weighted by molar-refractivity contribution is 9.10. The van der Waals surface area contributed by atoms with Crippen LogP contribution in [0.15, 0.2) is 40.9 Å². The summed E-state index contributed by atoms with van der Waals surface area (Å²) >= 11 is 3.74. The van der Waals surface area contributed by atoms with E-state index in [0.717, 1.165) is 28.1 Å². The quantitative estimate of drug-likeness (QED) is 0.467. The van der Waals surface area contributed by atoms with Gasteiger partial charge in [0.25, 0.3) is 0 Å². The van der Waals surface area contributed by atoms with E-state index in [1.54, 1.807) is 0 Å². The summed E-state index contributed by atoms with van der Waals surface area (Å²) in [6.07, 6.45) is 8.01. The smallest absolute Gasteiger partial charge is 0.162 e. The molecular formula is C24H32BrNO2. The van der Waals surface area contributed by atoms with Crippen LogP contribution in [0.5, 0.6) is 11.5 Å². The lowest BCUT2D eigenvalue weighted by atomic mass is 10.1. The van der Waals surface area contributed by atoms with Crippen LogP contribution in [0.25, 0.3) is 0 Å². The number of nitrogens with one attached hydrogen (secondary N) is 1. The van der Waals surface area contributed by atoms with Gasteiger partial charge in [-0.05, 0) is 49.9 Å². The van der Waals surface area contributed by atoms with E-state index in [1.165, 1.54) is 49.7 Å². The van der Waals surface area contributed by atoms with Gasteiger partial charge >= 0.3 is 0 Å². The molecule has 0 atom stereocenters. The third-order valence-corrected chi connectivity index (χ3v) is 6.06. The fraction of sp³-hybridized carbons (Fsp3) is 0.500. The van der Waals surface area contributed by atoms with Gasteiger partial charge in [-0.1, -0.05) is 71.4 Å². The van der Waals surface area contributed by atoms with Crippen molar-refractivity contribution in [3.8, 4) is 11.5 Å². The van der Waals surface area contributed by atoms with E-state index in [4.69, 9.17) is 9.47 Å². The molecule has 3 rings (SSSR count). The van der Waals surface area contributed by atoms with Crippen molar-refractivity contribution < 1.29 is 9.47 Å². The molecule has 1 saturated carbocycles. The summed E-state index contributed by atoms with van der Waals surface area (Å²) in [5.41, 5.74) is 3.63. The fourth-order valence-electron chi connectivity index (χ4n) is 3.79. The first-order valence-corrected chi connectivity index (χ1v) is 11.3. The summed E-state index contributed by atoms with van der Waals surface area (Å²) in [5.74, 6) is 1.60. The molecule has 2 aromatic rings. The molecule has 1 aliphatic carbocycles. The minimum atomic E-state index is 0.536. The standard InChI is InChI=1S/C24H32BrNO2/c1-3-27-23-14-20(16-26-21-11-6-4-5-7-12-21)22(25)15-24(23)28-17-19-10-8-9-18(2)13-19/h8-10,13-15,21,26H,3-7,11-12,16-17H2,1-2H3. The van der Waals surface area contributed by atoms with Gasteiger partial charge < -0.3 is 14.8 Å². The van der Waals surface area contributed by atoms with Crippen molar-refractivity contribution in [2.24, 2.45) is 0 Å². The Labute approximate surface area is 178 Å². The average Bonchev–Trinajstić information content (AvgIpc) is 2.96. The molecule has 28 heavy (non-hydrogen) atoms. The molecule has 0 amide bonds. The second kappa shape index (κ2) is 10.9. The van der Waals surface area contributed by atoms with Gasteiger partial charge in [-0.25, -0.2) is 0 Å². The Kier molecular flexibility index (Phi) is 8.23. The Morgan fingerprint density at radius 1 is 1.00 bits per heavy atom. The molecule has 0 radical (unpaired) electrons. The zero-order chi connectivity index (χ0) is 19.8. The zero-order valence-corrected chi connectivity index (χ0v) is 18.7. The number of hydrogen-bond donors (Lipinski definition) is 1. The largest absolute Gasteiger partial charge is 0.490 e. The van der Waals surface area contributed by atoms with Crippen LogP contribution in [0.1, 0.15) is 62.1 Å². The van der Waals surface area contributed by atoms with E-state index >= 15 is 0 Å². The molecule has 1 fully saturated rings. The zero-order valence-electron chi connectivity index (χ0n) is 17.1. The number of benzene rings is 2. The summed E-state index contributed by atoms with van der Waals surface area (Å²) in [6, 6.07) is 13.2. The molecule has 0 spiro atoms. The highest BCUT2D eigenvalue weighted by Gasteiger charge is 2.15. The van der Waals surface area contributed by atoms with Crippen molar-refractivity contribution in [1.82, 2.24) is 5.32 Å². The van der Waals surface area contributed by atoms with Gasteiger partial charge in [-0.15, -0.1) is 0 Å². The van der Waals surface area contributed by atoms with Crippen molar-refractivity contribution in [3.63, 3.8) is 0 Å². The number of halogens is 1. The third-order valence-electron chi connectivity index (χ3n) is 5.33. The predicted octanol–water partition coefficient (Wildman–Crippen LogP) is 6.55. The Balaban J connectivity index is 1.68. The normalized spacial score (nSPS) is 15.2. The molecular weight excluding hydrogens is 414 g/mol. The van der Waals surface area contributed by atoms with Gasteiger partial charge in [0, 0.05) is 17.1 Å². The van der Waals surface area contributed by atoms with E-state index < -0.39 is 0 Å². The molecule has 4 heteroatoms. The van der Waals surface area contributed by atoms with E-state index in [0.29, 0.717) is 19.3 Å². The van der Waals surface area contributed by atoms with Crippen molar-refractivity contribution in [2.75, 3.05) is 6.61 Å². The van der Waals surface area contributed by atoms with Crippen LogP contribution in [0.2, 0.25) is 0 Å². The maximum Gasteiger partial charge on any atom is 0.162 e. The molecule has 0 saturated heterocycles. The highest BCUT2D eigenvalue weighted by Crippen LogP contribution is 2.34. The highest BCUT2D eigenvalue weighted by atomic mass is 79.9. The number of hydrogen-bond acceptors (Lipinski definition) is 3. The first kappa shape index (κ1) is 21.2. The first-order chi connectivity index (χ1) is 13.7. The van der Waals surface area contributed by atoms with Crippen LogP contribution in [0.3, 0.4) is 0 Å². The van der Waals surface area contributed by atoms with Crippen LogP contribution in [-0.2, 0) is 13.2 Å². The molecule has 2 aromatic carbocycles. The van der Waals surface area contributed by atoms with E-state index in [1.807, 2.05) is 13.0 Å². The molecule has 0 heterocycles. The summed E-state index contributed by atoms with van der Waals surface area (Å²) in [7, 11) is 0. The minimum Gasteiger partial charge on any atom is -0.490 e. The van der Waals surface area contributed by atoms with Crippen LogP contribution in [0.4, 0.5) is 0 Å². The molecule has 152 valence electrons. The van der Waals surface area contributed by atoms with Gasteiger partial charge in [-0.2, -0.15) is 0 Å². The topological polar surface area (TPSA) is 30.5 Å². The predicted molar refractivity (Wildman–Crippen MR) is 119 cm³/mol. The van der Waals surface area contributed by atoms with Crippen molar-refractivity contribution in [1.29, 1.82) is 0 Å². The summed E-state index contributed by atoms with van der Waals surface area (Å²) in [4.78, 5) is 0. The molecule has 1 aliphatic rings. The van der Waals surface area contributed by atoms with Gasteiger partial charge in [0.2, 0.25) is 0 Å². The SMILES string of the molecule is CCOc1cc(CNC2CCCCCC2)c(Br)cc1OCc1cccc(C)c1. The van der Waals surface area contributed by atoms with Gasteiger partial charge in [0.1, 0.15) is 6.61 Å². The number of rotatable bonds is 8. The van der Waals surface area contributed by atoms with Crippen LogP contribution < -0.4 is 14.8 Å². The van der Waals surface area contributed by atoms with Gasteiger partial charge in [0.05, 0.1) is 6.61 Å². The van der Waals surface area contributed by atoms with Crippen LogP contribution >= 0.6 is 15.9 Å². The lowest BCUT2D eigenvalue weighted by Crippen LogP contribution is -2.28. The molecule has 0 unspecified atom stereocenters. The van der Waals surface area contributed by atoms with Crippen molar-refractivity contribution >= 4 is 15.9 Å². The van der Waals surface area contributed by atoms with Gasteiger partial charge in [-0.3, -0.25) is 0 Å². The summed E-state index contributed by atoms with van der Waals surface area (Å²) in [5, 5.41) is 3.75. The Hall–Kier alpha value is -1.52. The fourth-order valence-corrected chi connectivity index (χ4v) is 4.26. The second-order valence-corrected chi connectivity index (χ2v) is 8.52. The van der Waals surface area contributed by atoms with Crippen molar-refractivity contribution in [3.05, 3.63) is 57.6 Å². The van der Waals surface area contributed by atoms with E-state index in [-0.39, 0.29) is 0 Å². The first-order valence-electron chi connectivity index (χ1n) is 10.5. The van der Waals surface area contributed by atoms with E-state index in [2.05, 4.69) is 58.5 Å². The number of ether oxygens (including phenoxy) is 2. The molecule has 3 nitrogen and oxygen atoms in total. The van der Waals surface area contributed by atoms with Crippen LogP contribution in [-0.4, -0.2) is 12.6 Å². The Morgan fingerprint density at radius 3 is 2.46 bits per heavy atom. The lowest BCUT2D eigenvalue weighted by molar-refractivity contribution is 0.268. The molecule has 0 bridgehead atoms. The molecule has 1 N–H and O–H groups in total. The maximum atomic E-state index is 6.10. The lowest BCUT2D eigenvalue weighted by Gasteiger charge is -2.19. The average molecular weight is 446 g/mol. The molecule has 0 aliphatic heterocycles. The summed E-state index contributed by atoms with van der Waals surface area (Å²) < 4.78 is 13.1. The number of aryl methyl sites for hydroxylation is 1. The second-order valence-electron chi connectivity index (χ2n) is 7.67. The Bertz CT molecular complexity index is 754. The minimum absolute atomic E-state index is 0.536. The van der Waals surface area contributed by atoms with Crippen LogP contribution in [0, 0.1) is 6.92 Å². The monoisotopic (exact) mass is 445 g/mol.